The average Bonchev–Trinajstić information content (AvgIpc) is 3.31. The molecular weight excluding hydrogens is 474 g/mol. The highest BCUT2D eigenvalue weighted by atomic mass is 35.5. The van der Waals surface area contributed by atoms with Crippen molar-refractivity contribution in [1.82, 2.24) is 4.31 Å². The maximum Gasteiger partial charge on any atom is 0.325 e. The van der Waals surface area contributed by atoms with Gasteiger partial charge in [0.25, 0.3) is 10.0 Å². The van der Waals surface area contributed by atoms with Gasteiger partial charge >= 0.3 is 11.9 Å². The van der Waals surface area contributed by atoms with Crippen LogP contribution in [0.25, 0.3) is 10.4 Å². The molecule has 1 fully saturated rings. The van der Waals surface area contributed by atoms with E-state index in [0.29, 0.717) is 19.8 Å². The minimum Gasteiger partial charge on any atom is -0.480 e. The quantitative estimate of drug-likeness (QED) is 0.489. The summed E-state index contributed by atoms with van der Waals surface area (Å²) >= 11 is 6.86. The molecule has 1 aliphatic rings. The lowest BCUT2D eigenvalue weighted by Crippen LogP contribution is -2.50. The molecule has 0 radical (unpaired) electrons. The molecule has 2 atom stereocenters. The number of nitrogens with zero attached hydrogens (tertiary/aromatic N) is 1. The van der Waals surface area contributed by atoms with Gasteiger partial charge in [-0.1, -0.05) is 54.1 Å². The van der Waals surface area contributed by atoms with Crippen molar-refractivity contribution in [3.05, 3.63) is 77.3 Å². The molecule has 0 bridgehead atoms. The molecule has 1 heterocycles. The Bertz CT molecular complexity index is 1270. The summed E-state index contributed by atoms with van der Waals surface area (Å²) in [5.74, 6) is -3.45. The van der Waals surface area contributed by atoms with Gasteiger partial charge in [-0.05, 0) is 41.8 Å². The number of rotatable bonds is 8. The van der Waals surface area contributed by atoms with Gasteiger partial charge in [-0.15, -0.1) is 11.3 Å². The molecule has 0 amide bonds. The van der Waals surface area contributed by atoms with Crippen LogP contribution in [0.1, 0.15) is 17.9 Å². The summed E-state index contributed by atoms with van der Waals surface area (Å²) in [4.78, 5) is 24.5. The van der Waals surface area contributed by atoms with Crippen molar-refractivity contribution >= 4 is 44.9 Å². The zero-order chi connectivity index (χ0) is 23.1. The fraction of sp³-hybridized carbons (Fsp3) is 0.182. The standard InChI is InChI=1S/C22H18ClNO6S2/c23-16-8-6-15(7-9-16)18-10-11-20(31-18)32(29,30)24(13-19(25)26)22(21(27)28)12-17(22)14-4-2-1-3-5-14/h1-11,17H,12-13H2,(H,25,26)(H,27,28)/t17-,22-/m1/s1. The van der Waals surface area contributed by atoms with Gasteiger partial charge in [-0.3, -0.25) is 9.59 Å². The Morgan fingerprint density at radius 2 is 1.69 bits per heavy atom. The largest absolute Gasteiger partial charge is 0.480 e. The normalized spacial score (nSPS) is 20.2. The number of halogens is 1. The van der Waals surface area contributed by atoms with Gasteiger partial charge < -0.3 is 10.2 Å². The van der Waals surface area contributed by atoms with Crippen LogP contribution in [0.15, 0.2) is 70.9 Å². The van der Waals surface area contributed by atoms with Crippen molar-refractivity contribution in [2.24, 2.45) is 0 Å². The highest BCUT2D eigenvalue weighted by molar-refractivity contribution is 7.91. The second-order valence-electron chi connectivity index (χ2n) is 7.43. The molecule has 1 aromatic heterocycles. The van der Waals surface area contributed by atoms with Gasteiger partial charge in [-0.25, -0.2) is 8.42 Å². The van der Waals surface area contributed by atoms with E-state index in [1.54, 1.807) is 60.7 Å². The van der Waals surface area contributed by atoms with Crippen molar-refractivity contribution in [2.75, 3.05) is 6.54 Å². The molecule has 2 N–H and O–H groups in total. The number of benzene rings is 2. The molecule has 4 rings (SSSR count). The van der Waals surface area contributed by atoms with Crippen LogP contribution in [-0.2, 0) is 19.6 Å². The Labute approximate surface area is 193 Å². The first-order chi connectivity index (χ1) is 15.2. The summed E-state index contributed by atoms with van der Waals surface area (Å²) in [7, 11) is -4.41. The first-order valence-corrected chi connectivity index (χ1v) is 12.2. The number of aliphatic carboxylic acids is 2. The van der Waals surface area contributed by atoms with E-state index in [1.165, 1.54) is 6.07 Å². The van der Waals surface area contributed by atoms with E-state index in [1.807, 2.05) is 0 Å². The lowest BCUT2D eigenvalue weighted by Gasteiger charge is -2.27. The molecule has 0 saturated heterocycles. The molecule has 7 nitrogen and oxygen atoms in total. The summed E-state index contributed by atoms with van der Waals surface area (Å²) in [5, 5.41) is 20.0. The summed E-state index contributed by atoms with van der Waals surface area (Å²) in [5.41, 5.74) is -0.469. The molecule has 1 aliphatic carbocycles. The molecule has 10 heteroatoms. The van der Waals surface area contributed by atoms with E-state index in [9.17, 15) is 28.2 Å². The van der Waals surface area contributed by atoms with Gasteiger partial charge in [0, 0.05) is 15.8 Å². The van der Waals surface area contributed by atoms with E-state index in [4.69, 9.17) is 11.6 Å². The van der Waals surface area contributed by atoms with Crippen LogP contribution >= 0.6 is 22.9 Å². The Balaban J connectivity index is 1.75. The lowest BCUT2D eigenvalue weighted by atomic mass is 10.1. The molecule has 166 valence electrons. The highest BCUT2D eigenvalue weighted by Crippen LogP contribution is 2.57. The fourth-order valence-corrected chi connectivity index (χ4v) is 7.13. The number of hydrogen-bond donors (Lipinski definition) is 2. The molecular formula is C22H18ClNO6S2. The van der Waals surface area contributed by atoms with Crippen LogP contribution in [0.5, 0.6) is 0 Å². The Morgan fingerprint density at radius 3 is 2.28 bits per heavy atom. The SMILES string of the molecule is O=C(O)CN([C@]1(C(=O)O)C[C@@H]1c1ccccc1)S(=O)(=O)c1ccc(-c2ccc(Cl)cc2)s1. The Kier molecular flexibility index (Phi) is 5.85. The monoisotopic (exact) mass is 491 g/mol. The van der Waals surface area contributed by atoms with Gasteiger partial charge in [0.15, 0.2) is 0 Å². The van der Waals surface area contributed by atoms with E-state index < -0.39 is 40.0 Å². The number of carboxylic acid groups (broad SMARTS) is 2. The Hall–Kier alpha value is -2.72. The lowest BCUT2D eigenvalue weighted by molar-refractivity contribution is -0.145. The van der Waals surface area contributed by atoms with E-state index in [2.05, 4.69) is 0 Å². The first-order valence-electron chi connectivity index (χ1n) is 9.55. The summed E-state index contributed by atoms with van der Waals surface area (Å²) in [6, 6.07) is 18.5. The molecule has 0 spiro atoms. The van der Waals surface area contributed by atoms with Crippen LogP contribution in [0.3, 0.4) is 0 Å². The number of carboxylic acids is 2. The van der Waals surface area contributed by atoms with Gasteiger partial charge in [0.2, 0.25) is 0 Å². The zero-order valence-electron chi connectivity index (χ0n) is 16.5. The minimum absolute atomic E-state index is 0.00568. The Morgan fingerprint density at radius 1 is 1.03 bits per heavy atom. The highest BCUT2D eigenvalue weighted by Gasteiger charge is 2.68. The number of sulfonamides is 1. The molecule has 0 unspecified atom stereocenters. The zero-order valence-corrected chi connectivity index (χ0v) is 18.9. The molecule has 3 aromatic rings. The fourth-order valence-electron chi connectivity index (χ4n) is 3.85. The third-order valence-corrected chi connectivity index (χ3v) is 9.22. The first kappa shape index (κ1) is 22.5. The van der Waals surface area contributed by atoms with Crippen LogP contribution in [0, 0.1) is 0 Å². The van der Waals surface area contributed by atoms with Crippen molar-refractivity contribution in [3.8, 4) is 10.4 Å². The van der Waals surface area contributed by atoms with Crippen molar-refractivity contribution in [2.45, 2.75) is 22.1 Å². The topological polar surface area (TPSA) is 112 Å². The van der Waals surface area contributed by atoms with Crippen LogP contribution < -0.4 is 0 Å². The molecule has 0 aliphatic heterocycles. The molecule has 1 saturated carbocycles. The smallest absolute Gasteiger partial charge is 0.325 e. The molecule has 32 heavy (non-hydrogen) atoms. The van der Waals surface area contributed by atoms with Gasteiger partial charge in [0.05, 0.1) is 0 Å². The minimum atomic E-state index is -4.41. The third-order valence-electron chi connectivity index (χ3n) is 5.48. The maximum absolute atomic E-state index is 13.5. The maximum atomic E-state index is 13.5. The van der Waals surface area contributed by atoms with E-state index >= 15 is 0 Å². The number of thiophene rings is 1. The van der Waals surface area contributed by atoms with Crippen LogP contribution in [0.4, 0.5) is 0 Å². The third kappa shape index (κ3) is 3.93. The van der Waals surface area contributed by atoms with E-state index in [0.717, 1.165) is 16.9 Å². The second kappa shape index (κ2) is 8.32. The summed E-state index contributed by atoms with van der Waals surface area (Å²) in [6.07, 6.45) is -0.00568. The van der Waals surface area contributed by atoms with Crippen LogP contribution in [0.2, 0.25) is 5.02 Å². The number of hydrogen-bond acceptors (Lipinski definition) is 5. The summed E-state index contributed by atoms with van der Waals surface area (Å²) in [6.45, 7) is -0.952. The van der Waals surface area contributed by atoms with Crippen molar-refractivity contribution in [3.63, 3.8) is 0 Å². The summed E-state index contributed by atoms with van der Waals surface area (Å²) < 4.78 is 27.5. The second-order valence-corrected chi connectivity index (χ2v) is 11.0. The van der Waals surface area contributed by atoms with Gasteiger partial charge in [-0.2, -0.15) is 4.31 Å². The van der Waals surface area contributed by atoms with Crippen molar-refractivity contribution < 1.29 is 28.2 Å². The predicted molar refractivity (Wildman–Crippen MR) is 120 cm³/mol. The van der Waals surface area contributed by atoms with Crippen LogP contribution in [-0.4, -0.2) is 47.0 Å². The van der Waals surface area contributed by atoms with Crippen molar-refractivity contribution in [1.29, 1.82) is 0 Å². The van der Waals surface area contributed by atoms with Gasteiger partial charge in [0.1, 0.15) is 16.3 Å². The average molecular weight is 492 g/mol. The van der Waals surface area contributed by atoms with E-state index in [-0.39, 0.29) is 10.6 Å². The predicted octanol–water partition coefficient (Wildman–Crippen LogP) is 4.15. The number of carbonyl (C=O) groups is 2. The molecule has 2 aromatic carbocycles.